The van der Waals surface area contributed by atoms with E-state index < -0.39 is 5.79 Å². The van der Waals surface area contributed by atoms with Gasteiger partial charge in [-0.15, -0.1) is 0 Å². The van der Waals surface area contributed by atoms with Crippen molar-refractivity contribution in [2.75, 3.05) is 26.9 Å². The Bertz CT molecular complexity index is 154. The van der Waals surface area contributed by atoms with Gasteiger partial charge in [-0.25, -0.2) is 0 Å². The molecule has 2 unspecified atom stereocenters. The SMILES string of the molecule is COCCC1(C)OCC(CCN)O1. The average Bonchev–Trinajstić information content (AvgIpc) is 2.46. The summed E-state index contributed by atoms with van der Waals surface area (Å²) in [7, 11) is 1.68. The van der Waals surface area contributed by atoms with E-state index in [9.17, 15) is 0 Å². The molecule has 0 amide bonds. The van der Waals surface area contributed by atoms with E-state index in [0.29, 0.717) is 19.8 Å². The molecule has 0 aromatic rings. The van der Waals surface area contributed by atoms with Crippen molar-refractivity contribution in [3.05, 3.63) is 0 Å². The van der Waals surface area contributed by atoms with Crippen LogP contribution >= 0.6 is 0 Å². The largest absolute Gasteiger partial charge is 0.384 e. The Hall–Kier alpha value is -0.160. The van der Waals surface area contributed by atoms with E-state index in [4.69, 9.17) is 19.9 Å². The minimum absolute atomic E-state index is 0.159. The molecule has 4 nitrogen and oxygen atoms in total. The van der Waals surface area contributed by atoms with E-state index in [1.165, 1.54) is 0 Å². The van der Waals surface area contributed by atoms with Crippen LogP contribution in [0.2, 0.25) is 0 Å². The Kier molecular flexibility index (Phi) is 4.12. The molecule has 4 heteroatoms. The van der Waals surface area contributed by atoms with Gasteiger partial charge in [-0.3, -0.25) is 0 Å². The van der Waals surface area contributed by atoms with Crippen LogP contribution in [0, 0.1) is 0 Å². The quantitative estimate of drug-likeness (QED) is 0.684. The maximum Gasteiger partial charge on any atom is 0.168 e. The van der Waals surface area contributed by atoms with Crippen LogP contribution in [0.1, 0.15) is 19.8 Å². The third-order valence-corrected chi connectivity index (χ3v) is 2.24. The van der Waals surface area contributed by atoms with E-state index in [-0.39, 0.29) is 6.10 Å². The first kappa shape index (κ1) is 10.9. The van der Waals surface area contributed by atoms with Crippen LogP contribution in [0.15, 0.2) is 0 Å². The second kappa shape index (κ2) is 4.91. The second-order valence-corrected chi connectivity index (χ2v) is 3.50. The fraction of sp³-hybridized carbons (Fsp3) is 1.00. The smallest absolute Gasteiger partial charge is 0.168 e. The highest BCUT2D eigenvalue weighted by atomic mass is 16.7. The van der Waals surface area contributed by atoms with Gasteiger partial charge in [-0.2, -0.15) is 0 Å². The molecule has 2 atom stereocenters. The summed E-state index contributed by atoms with van der Waals surface area (Å²) in [5, 5.41) is 0. The molecular formula is C9H19NO3. The standard InChI is InChI=1S/C9H19NO3/c1-9(4-6-11-2)12-7-8(13-9)3-5-10/h8H,3-7,10H2,1-2H3. The highest BCUT2D eigenvalue weighted by Crippen LogP contribution is 2.27. The molecule has 1 rings (SSSR count). The van der Waals surface area contributed by atoms with E-state index in [0.717, 1.165) is 12.8 Å². The third kappa shape index (κ3) is 3.23. The number of hydrogen-bond donors (Lipinski definition) is 1. The van der Waals surface area contributed by atoms with Gasteiger partial charge in [0.25, 0.3) is 0 Å². The molecule has 13 heavy (non-hydrogen) atoms. The molecule has 0 radical (unpaired) electrons. The molecule has 1 aliphatic heterocycles. The summed E-state index contributed by atoms with van der Waals surface area (Å²) in [5.41, 5.74) is 5.44. The van der Waals surface area contributed by atoms with Gasteiger partial charge in [-0.1, -0.05) is 0 Å². The number of methoxy groups -OCH3 is 1. The van der Waals surface area contributed by atoms with Gasteiger partial charge >= 0.3 is 0 Å². The normalized spacial score (nSPS) is 33.9. The summed E-state index contributed by atoms with van der Waals surface area (Å²) in [6.45, 7) is 3.90. The first-order valence-corrected chi connectivity index (χ1v) is 4.71. The lowest BCUT2D eigenvalue weighted by Crippen LogP contribution is -2.28. The Morgan fingerprint density at radius 2 is 2.38 bits per heavy atom. The molecule has 2 N–H and O–H groups in total. The molecule has 1 aliphatic rings. The summed E-state index contributed by atoms with van der Waals surface area (Å²) in [5.74, 6) is -0.462. The predicted octanol–water partition coefficient (Wildman–Crippen LogP) is 0.503. The lowest BCUT2D eigenvalue weighted by Gasteiger charge is -2.22. The Morgan fingerprint density at radius 1 is 1.62 bits per heavy atom. The van der Waals surface area contributed by atoms with Crippen LogP contribution in [0.4, 0.5) is 0 Å². The van der Waals surface area contributed by atoms with Crippen LogP contribution in [0.3, 0.4) is 0 Å². The molecule has 78 valence electrons. The van der Waals surface area contributed by atoms with Crippen LogP contribution in [-0.2, 0) is 14.2 Å². The first-order chi connectivity index (χ1) is 6.20. The molecule has 0 aliphatic carbocycles. The van der Waals surface area contributed by atoms with Crippen LogP contribution in [0.5, 0.6) is 0 Å². The zero-order chi connectivity index (χ0) is 9.73. The molecule has 0 aromatic carbocycles. The van der Waals surface area contributed by atoms with Crippen LogP contribution in [0.25, 0.3) is 0 Å². The van der Waals surface area contributed by atoms with E-state index >= 15 is 0 Å². The van der Waals surface area contributed by atoms with Gasteiger partial charge in [0.05, 0.1) is 19.3 Å². The van der Waals surface area contributed by atoms with Crippen LogP contribution < -0.4 is 5.73 Å². The average molecular weight is 189 g/mol. The Morgan fingerprint density at radius 3 is 3.00 bits per heavy atom. The van der Waals surface area contributed by atoms with Gasteiger partial charge in [0.2, 0.25) is 0 Å². The van der Waals surface area contributed by atoms with Crippen LogP contribution in [-0.4, -0.2) is 38.8 Å². The number of hydrogen-bond acceptors (Lipinski definition) is 4. The predicted molar refractivity (Wildman–Crippen MR) is 49.4 cm³/mol. The van der Waals surface area contributed by atoms with Crippen molar-refractivity contribution in [1.29, 1.82) is 0 Å². The first-order valence-electron chi connectivity index (χ1n) is 4.71. The van der Waals surface area contributed by atoms with E-state index in [2.05, 4.69) is 0 Å². The van der Waals surface area contributed by atoms with Gasteiger partial charge in [0.15, 0.2) is 5.79 Å². The summed E-state index contributed by atoms with van der Waals surface area (Å²) in [6, 6.07) is 0. The van der Waals surface area contributed by atoms with Gasteiger partial charge in [0.1, 0.15) is 0 Å². The molecule has 0 saturated carbocycles. The summed E-state index contributed by atoms with van der Waals surface area (Å²) < 4.78 is 16.2. The minimum Gasteiger partial charge on any atom is -0.384 e. The Labute approximate surface area is 79.3 Å². The topological polar surface area (TPSA) is 53.7 Å². The number of rotatable bonds is 5. The summed E-state index contributed by atoms with van der Waals surface area (Å²) in [4.78, 5) is 0. The van der Waals surface area contributed by atoms with Crippen molar-refractivity contribution in [3.63, 3.8) is 0 Å². The number of nitrogens with two attached hydrogens (primary N) is 1. The van der Waals surface area contributed by atoms with Crippen molar-refractivity contribution in [3.8, 4) is 0 Å². The van der Waals surface area contributed by atoms with Crippen molar-refractivity contribution in [2.45, 2.75) is 31.7 Å². The molecule has 0 spiro atoms. The molecule has 1 saturated heterocycles. The van der Waals surface area contributed by atoms with E-state index in [1.807, 2.05) is 6.92 Å². The van der Waals surface area contributed by atoms with Crippen molar-refractivity contribution < 1.29 is 14.2 Å². The Balaban J connectivity index is 2.28. The lowest BCUT2D eigenvalue weighted by molar-refractivity contribution is -0.165. The third-order valence-electron chi connectivity index (χ3n) is 2.24. The monoisotopic (exact) mass is 189 g/mol. The van der Waals surface area contributed by atoms with Crippen molar-refractivity contribution in [2.24, 2.45) is 5.73 Å². The lowest BCUT2D eigenvalue weighted by atomic mass is 10.2. The molecule has 0 aromatic heterocycles. The van der Waals surface area contributed by atoms with Gasteiger partial charge in [0, 0.05) is 13.5 Å². The zero-order valence-electron chi connectivity index (χ0n) is 8.41. The maximum atomic E-state index is 5.71. The molecule has 0 bridgehead atoms. The molecule has 1 heterocycles. The fourth-order valence-electron chi connectivity index (χ4n) is 1.44. The molecular weight excluding hydrogens is 170 g/mol. The van der Waals surface area contributed by atoms with Gasteiger partial charge < -0.3 is 19.9 Å². The maximum absolute atomic E-state index is 5.71. The second-order valence-electron chi connectivity index (χ2n) is 3.50. The minimum atomic E-state index is -0.462. The highest BCUT2D eigenvalue weighted by Gasteiger charge is 2.36. The zero-order valence-corrected chi connectivity index (χ0v) is 8.41. The fourth-order valence-corrected chi connectivity index (χ4v) is 1.44. The summed E-state index contributed by atoms with van der Waals surface area (Å²) in [6.07, 6.45) is 1.79. The highest BCUT2D eigenvalue weighted by molar-refractivity contribution is 4.75. The van der Waals surface area contributed by atoms with E-state index in [1.54, 1.807) is 7.11 Å². The molecule has 1 fully saturated rings. The van der Waals surface area contributed by atoms with Crippen molar-refractivity contribution in [1.82, 2.24) is 0 Å². The number of ether oxygens (including phenoxy) is 3. The summed E-state index contributed by atoms with van der Waals surface area (Å²) >= 11 is 0. The van der Waals surface area contributed by atoms with Gasteiger partial charge in [-0.05, 0) is 19.9 Å². The van der Waals surface area contributed by atoms with Crippen molar-refractivity contribution >= 4 is 0 Å².